The lowest BCUT2D eigenvalue weighted by atomic mass is 9.34. The Morgan fingerprint density at radius 2 is 1.49 bits per heavy atom. The van der Waals surface area contributed by atoms with E-state index >= 15 is 0 Å². The van der Waals surface area contributed by atoms with Crippen LogP contribution in [-0.4, -0.2) is 138 Å². The van der Waals surface area contributed by atoms with Gasteiger partial charge in [-0.3, -0.25) is 0 Å². The van der Waals surface area contributed by atoms with Crippen LogP contribution in [0.1, 0.15) is 114 Å². The maximum absolute atomic E-state index is 12.3. The molecule has 0 aromatic carbocycles. The molecule has 318 valence electrons. The van der Waals surface area contributed by atoms with E-state index in [0.29, 0.717) is 32.1 Å². The van der Waals surface area contributed by atoms with Crippen LogP contribution in [0.25, 0.3) is 0 Å². The van der Waals surface area contributed by atoms with Crippen LogP contribution in [0, 0.1) is 45.3 Å². The molecule has 0 aromatic rings. The van der Waals surface area contributed by atoms with Gasteiger partial charge in [0.05, 0.1) is 36.6 Å². The maximum atomic E-state index is 12.3. The lowest BCUT2D eigenvalue weighted by Crippen LogP contribution is -2.71. The molecule has 0 bridgehead atoms. The Balaban J connectivity index is 1.38. The molecule has 0 radical (unpaired) electrons. The van der Waals surface area contributed by atoms with E-state index in [4.69, 9.17) is 18.9 Å². The highest BCUT2D eigenvalue weighted by Crippen LogP contribution is 2.76. The van der Waals surface area contributed by atoms with Crippen LogP contribution in [0.5, 0.6) is 0 Å². The lowest BCUT2D eigenvalue weighted by molar-refractivity contribution is -0.382. The number of hydrogen-bond acceptors (Lipinski definition) is 13. The Morgan fingerprint density at radius 1 is 0.818 bits per heavy atom. The summed E-state index contributed by atoms with van der Waals surface area (Å²) >= 11 is 0. The Morgan fingerprint density at radius 3 is 2.13 bits per heavy atom. The molecule has 21 atom stereocenters. The molecule has 6 rings (SSSR count). The molecule has 13 nitrogen and oxygen atoms in total. The Hall–Kier alpha value is -0.780. The van der Waals surface area contributed by atoms with Gasteiger partial charge in [-0.1, -0.05) is 46.3 Å². The third kappa shape index (κ3) is 7.10. The minimum absolute atomic E-state index is 0.0411. The third-order valence-electron chi connectivity index (χ3n) is 16.5. The van der Waals surface area contributed by atoms with Crippen molar-refractivity contribution < 1.29 is 64.9 Å². The van der Waals surface area contributed by atoms with E-state index in [2.05, 4.69) is 40.7 Å². The monoisotopic (exact) mass is 784 g/mol. The summed E-state index contributed by atoms with van der Waals surface area (Å²) in [5.74, 6) is -0.526. The number of hydrogen-bond donors (Lipinski definition) is 9. The van der Waals surface area contributed by atoms with Gasteiger partial charge in [0.2, 0.25) is 0 Å². The standard InChI is InChI=1S/C42H72O13/c1-20(2)11-10-14-42(9,51)22-12-16-40(7)28(22)23(44)17-26-39(6)15-13-27(45)38(4,5)35(39)24(18-41(26,40)8)53-37-34(32(49)30(47)25(19-43)54-37)55-36-33(50)31(48)29(46)21(3)52-36/h11,21-37,43-51H,10,12-19H2,1-9H3/t21?,22-,23?,24?,25?,26-,27?,28+,29?,30?,31?,32?,33?,34?,35+,36+,37-,39-,40+,41-,42-/m1/s1. The highest BCUT2D eigenvalue weighted by atomic mass is 16.8. The summed E-state index contributed by atoms with van der Waals surface area (Å²) in [5, 5.41) is 100. The topological polar surface area (TPSA) is 219 Å². The second-order valence-corrected chi connectivity index (χ2v) is 20.3. The predicted molar refractivity (Wildman–Crippen MR) is 201 cm³/mol. The van der Waals surface area contributed by atoms with E-state index in [9.17, 15) is 46.0 Å². The molecule has 0 amide bonds. The zero-order chi connectivity index (χ0) is 40.8. The molecule has 13 heteroatoms. The SMILES string of the molecule is CC(C)=CCC[C@@](C)(O)[C@@H]1CC[C@@]2(C)[C@@H]1C(O)C[C@@H]1[C@@]3(C)CCC(O)C(C)(C)[C@@H]3C(O[C@@H]3OC(CO)C(O)C(O)C3O[C@@H]3OC(C)C(O)C(O)C3O)C[C@]12C. The molecular formula is C42H72O13. The van der Waals surface area contributed by atoms with Gasteiger partial charge in [-0.25, -0.2) is 0 Å². The van der Waals surface area contributed by atoms with E-state index in [1.807, 2.05) is 20.8 Å². The molecular weight excluding hydrogens is 712 g/mol. The second-order valence-electron chi connectivity index (χ2n) is 20.3. The van der Waals surface area contributed by atoms with Crippen LogP contribution in [0.15, 0.2) is 11.6 Å². The molecule has 55 heavy (non-hydrogen) atoms. The summed E-state index contributed by atoms with van der Waals surface area (Å²) in [4.78, 5) is 0. The summed E-state index contributed by atoms with van der Waals surface area (Å²) in [5.41, 5.74) is -1.71. The number of fused-ring (bicyclic) bond motifs is 5. The van der Waals surface area contributed by atoms with Gasteiger partial charge in [0.1, 0.15) is 42.7 Å². The predicted octanol–water partition coefficient (Wildman–Crippen LogP) is 2.15. The van der Waals surface area contributed by atoms with Crippen molar-refractivity contribution in [1.29, 1.82) is 0 Å². The van der Waals surface area contributed by atoms with Crippen molar-refractivity contribution in [2.24, 2.45) is 45.3 Å². The minimum atomic E-state index is -1.70. The van der Waals surface area contributed by atoms with Crippen LogP contribution in [0.4, 0.5) is 0 Å². The van der Waals surface area contributed by atoms with Crippen LogP contribution in [0.3, 0.4) is 0 Å². The Kier molecular flexibility index (Phi) is 12.2. The summed E-state index contributed by atoms with van der Waals surface area (Å²) in [6.45, 7) is 17.8. The average Bonchev–Trinajstić information content (AvgIpc) is 3.49. The van der Waals surface area contributed by atoms with Gasteiger partial charge < -0.3 is 64.9 Å². The number of ether oxygens (including phenoxy) is 4. The minimum Gasteiger partial charge on any atom is -0.394 e. The lowest BCUT2D eigenvalue weighted by Gasteiger charge is -2.72. The van der Waals surface area contributed by atoms with Gasteiger partial charge in [0.15, 0.2) is 12.6 Å². The number of allylic oxidation sites excluding steroid dienone is 2. The van der Waals surface area contributed by atoms with Crippen LogP contribution in [-0.2, 0) is 18.9 Å². The Bertz CT molecular complexity index is 1390. The van der Waals surface area contributed by atoms with Crippen LogP contribution < -0.4 is 0 Å². The molecule has 6 fully saturated rings. The molecule has 0 spiro atoms. The van der Waals surface area contributed by atoms with E-state index in [-0.39, 0.29) is 23.7 Å². The van der Waals surface area contributed by atoms with Crippen molar-refractivity contribution in [1.82, 2.24) is 0 Å². The second kappa shape index (κ2) is 15.4. The van der Waals surface area contributed by atoms with Crippen molar-refractivity contribution in [3.8, 4) is 0 Å². The first kappa shape index (κ1) is 43.8. The van der Waals surface area contributed by atoms with E-state index in [1.54, 1.807) is 0 Å². The van der Waals surface area contributed by atoms with Crippen molar-refractivity contribution in [2.75, 3.05) is 6.61 Å². The van der Waals surface area contributed by atoms with Crippen molar-refractivity contribution in [3.63, 3.8) is 0 Å². The zero-order valence-corrected chi connectivity index (χ0v) is 34.4. The van der Waals surface area contributed by atoms with Crippen LogP contribution >= 0.6 is 0 Å². The summed E-state index contributed by atoms with van der Waals surface area (Å²) < 4.78 is 25.1. The van der Waals surface area contributed by atoms with Gasteiger partial charge in [0, 0.05) is 0 Å². The number of aliphatic hydroxyl groups is 9. The highest BCUT2D eigenvalue weighted by Gasteiger charge is 2.73. The number of aliphatic hydroxyl groups excluding tert-OH is 8. The molecule has 2 saturated heterocycles. The molecule has 4 aliphatic carbocycles. The third-order valence-corrected chi connectivity index (χ3v) is 16.5. The van der Waals surface area contributed by atoms with Gasteiger partial charge in [-0.2, -0.15) is 0 Å². The molecule has 0 aromatic heterocycles. The zero-order valence-electron chi connectivity index (χ0n) is 34.4. The van der Waals surface area contributed by atoms with Gasteiger partial charge >= 0.3 is 0 Å². The fourth-order valence-corrected chi connectivity index (χ4v) is 13.3. The summed E-state index contributed by atoms with van der Waals surface area (Å²) in [7, 11) is 0. The first-order chi connectivity index (χ1) is 25.5. The smallest absolute Gasteiger partial charge is 0.187 e. The molecule has 2 heterocycles. The van der Waals surface area contributed by atoms with E-state index in [1.165, 1.54) is 12.5 Å². The van der Waals surface area contributed by atoms with E-state index < -0.39 is 114 Å². The van der Waals surface area contributed by atoms with Gasteiger partial charge in [-0.05, 0) is 124 Å². The average molecular weight is 785 g/mol. The van der Waals surface area contributed by atoms with Crippen LogP contribution in [0.2, 0.25) is 0 Å². The summed E-state index contributed by atoms with van der Waals surface area (Å²) in [6, 6.07) is 0. The summed E-state index contributed by atoms with van der Waals surface area (Å²) in [6.07, 6.45) is -8.99. The van der Waals surface area contributed by atoms with E-state index in [0.717, 1.165) is 19.3 Å². The highest BCUT2D eigenvalue weighted by molar-refractivity contribution is 5.22. The molecule has 2 aliphatic heterocycles. The Labute approximate surface area is 327 Å². The van der Waals surface area contributed by atoms with Crippen molar-refractivity contribution in [2.45, 2.75) is 199 Å². The van der Waals surface area contributed by atoms with Gasteiger partial charge in [-0.15, -0.1) is 0 Å². The molecule has 6 aliphatic rings. The van der Waals surface area contributed by atoms with Gasteiger partial charge in [0.25, 0.3) is 0 Å². The normalized spacial score (nSPS) is 53.4. The fraction of sp³-hybridized carbons (Fsp3) is 0.952. The first-order valence-electron chi connectivity index (χ1n) is 20.8. The number of rotatable bonds is 9. The van der Waals surface area contributed by atoms with Crippen molar-refractivity contribution >= 4 is 0 Å². The fourth-order valence-electron chi connectivity index (χ4n) is 13.3. The quantitative estimate of drug-likeness (QED) is 0.121. The molecule has 11 unspecified atom stereocenters. The maximum Gasteiger partial charge on any atom is 0.187 e. The first-order valence-corrected chi connectivity index (χ1v) is 20.8. The largest absolute Gasteiger partial charge is 0.394 e. The molecule has 4 saturated carbocycles. The molecule has 9 N–H and O–H groups in total. The van der Waals surface area contributed by atoms with Crippen molar-refractivity contribution in [3.05, 3.63) is 11.6 Å².